The fourth-order valence-electron chi connectivity index (χ4n) is 1.48. The van der Waals surface area contributed by atoms with Gasteiger partial charge >= 0.3 is 5.97 Å². The number of aliphatic carboxylic acids is 1. The van der Waals surface area contributed by atoms with Crippen LogP contribution in [0, 0.1) is 5.41 Å². The molecule has 12 heavy (non-hydrogen) atoms. The Morgan fingerprint density at radius 1 is 1.58 bits per heavy atom. The molecular formula is C7H13N3O2. The molecule has 1 saturated heterocycles. The van der Waals surface area contributed by atoms with Crippen LogP contribution in [0.2, 0.25) is 0 Å². The standard InChI is InChI=1S/C7H13N3O2/c8-7(9)10-4-2-1-3-5(10)6(11)12/h5H,1-4H2,(H3,8,9)(H,11,12)/t5-/m1/s1. The van der Waals surface area contributed by atoms with Gasteiger partial charge in [-0.1, -0.05) is 0 Å². The maximum absolute atomic E-state index is 10.7. The molecule has 0 unspecified atom stereocenters. The number of nitrogens with one attached hydrogen (secondary N) is 1. The highest BCUT2D eigenvalue weighted by molar-refractivity contribution is 5.83. The summed E-state index contributed by atoms with van der Waals surface area (Å²) in [5.74, 6) is -1.02. The molecular weight excluding hydrogens is 158 g/mol. The van der Waals surface area contributed by atoms with Crippen molar-refractivity contribution in [2.24, 2.45) is 5.73 Å². The summed E-state index contributed by atoms with van der Waals surface area (Å²) in [4.78, 5) is 12.1. The Hall–Kier alpha value is -1.26. The van der Waals surface area contributed by atoms with Crippen LogP contribution >= 0.6 is 0 Å². The van der Waals surface area contributed by atoms with Crippen molar-refractivity contribution in [2.45, 2.75) is 25.3 Å². The van der Waals surface area contributed by atoms with Gasteiger partial charge in [0.05, 0.1) is 0 Å². The van der Waals surface area contributed by atoms with Crippen LogP contribution in [0.4, 0.5) is 0 Å². The third-order valence-corrected chi connectivity index (χ3v) is 2.10. The average Bonchev–Trinajstić information content (AvgIpc) is 2.04. The van der Waals surface area contributed by atoms with Gasteiger partial charge in [0, 0.05) is 6.54 Å². The third-order valence-electron chi connectivity index (χ3n) is 2.10. The van der Waals surface area contributed by atoms with E-state index in [-0.39, 0.29) is 5.96 Å². The van der Waals surface area contributed by atoms with Gasteiger partial charge in [-0.25, -0.2) is 4.79 Å². The Morgan fingerprint density at radius 2 is 2.25 bits per heavy atom. The van der Waals surface area contributed by atoms with Gasteiger partial charge < -0.3 is 15.7 Å². The van der Waals surface area contributed by atoms with Crippen LogP contribution in [-0.2, 0) is 4.79 Å². The fraction of sp³-hybridized carbons (Fsp3) is 0.714. The first-order valence-corrected chi connectivity index (χ1v) is 3.96. The molecule has 1 atom stereocenters. The van der Waals surface area contributed by atoms with E-state index >= 15 is 0 Å². The van der Waals surface area contributed by atoms with Crippen LogP contribution in [0.5, 0.6) is 0 Å². The summed E-state index contributed by atoms with van der Waals surface area (Å²) in [5.41, 5.74) is 5.24. The lowest BCUT2D eigenvalue weighted by Gasteiger charge is -2.32. The summed E-state index contributed by atoms with van der Waals surface area (Å²) in [5, 5.41) is 15.9. The Bertz CT molecular complexity index is 183. The number of hydrogen-bond acceptors (Lipinski definition) is 2. The molecule has 0 bridgehead atoms. The SMILES string of the molecule is N=C(N)N1CCCC[C@@H]1C(=O)O. The van der Waals surface area contributed by atoms with Crippen LogP contribution in [0.3, 0.4) is 0 Å². The summed E-state index contributed by atoms with van der Waals surface area (Å²) in [6, 6.07) is -0.587. The highest BCUT2D eigenvalue weighted by atomic mass is 16.4. The summed E-state index contributed by atoms with van der Waals surface area (Å²) in [6.45, 7) is 0.590. The average molecular weight is 171 g/mol. The van der Waals surface area contributed by atoms with Gasteiger partial charge in [0.25, 0.3) is 0 Å². The second-order valence-corrected chi connectivity index (χ2v) is 2.93. The lowest BCUT2D eigenvalue weighted by molar-refractivity contribution is -0.142. The molecule has 5 heteroatoms. The van der Waals surface area contributed by atoms with Crippen molar-refractivity contribution in [1.82, 2.24) is 4.90 Å². The maximum Gasteiger partial charge on any atom is 0.326 e. The maximum atomic E-state index is 10.7. The fourth-order valence-corrected chi connectivity index (χ4v) is 1.48. The zero-order valence-corrected chi connectivity index (χ0v) is 6.79. The molecule has 0 saturated carbocycles. The molecule has 1 rings (SSSR count). The number of carbonyl (C=O) groups is 1. The summed E-state index contributed by atoms with van der Waals surface area (Å²) >= 11 is 0. The van der Waals surface area contributed by atoms with Crippen LogP contribution < -0.4 is 5.73 Å². The van der Waals surface area contributed by atoms with Gasteiger partial charge in [-0.05, 0) is 19.3 Å². The zero-order valence-electron chi connectivity index (χ0n) is 6.79. The van der Waals surface area contributed by atoms with Crippen molar-refractivity contribution in [3.05, 3.63) is 0 Å². The van der Waals surface area contributed by atoms with E-state index in [1.54, 1.807) is 0 Å². The first-order chi connectivity index (χ1) is 5.63. The van der Waals surface area contributed by atoms with E-state index in [4.69, 9.17) is 16.2 Å². The van der Waals surface area contributed by atoms with Gasteiger partial charge in [0.2, 0.25) is 0 Å². The molecule has 1 aliphatic rings. The second kappa shape index (κ2) is 3.42. The normalized spacial score (nSPS) is 23.7. The number of rotatable bonds is 1. The van der Waals surface area contributed by atoms with Crippen molar-refractivity contribution in [3.8, 4) is 0 Å². The lowest BCUT2D eigenvalue weighted by atomic mass is 10.0. The number of guanidine groups is 1. The molecule has 0 aromatic heterocycles. The number of carboxylic acid groups (broad SMARTS) is 1. The molecule has 68 valence electrons. The third kappa shape index (κ3) is 1.66. The van der Waals surface area contributed by atoms with E-state index in [2.05, 4.69) is 0 Å². The smallest absolute Gasteiger partial charge is 0.326 e. The minimum absolute atomic E-state index is 0.137. The Kier molecular flexibility index (Phi) is 2.52. The van der Waals surface area contributed by atoms with Gasteiger partial charge in [-0.3, -0.25) is 5.41 Å². The minimum atomic E-state index is -0.884. The highest BCUT2D eigenvalue weighted by Crippen LogP contribution is 2.16. The van der Waals surface area contributed by atoms with Crippen LogP contribution in [0.25, 0.3) is 0 Å². The van der Waals surface area contributed by atoms with Crippen molar-refractivity contribution in [2.75, 3.05) is 6.54 Å². The van der Waals surface area contributed by atoms with Gasteiger partial charge in [0.1, 0.15) is 6.04 Å². The first kappa shape index (κ1) is 8.83. The molecule has 0 aromatic rings. The Labute approximate surface area is 70.7 Å². The first-order valence-electron chi connectivity index (χ1n) is 3.96. The van der Waals surface area contributed by atoms with Crippen molar-refractivity contribution in [3.63, 3.8) is 0 Å². The molecule has 1 heterocycles. The van der Waals surface area contributed by atoms with E-state index < -0.39 is 12.0 Å². The van der Waals surface area contributed by atoms with Gasteiger partial charge in [-0.2, -0.15) is 0 Å². The molecule has 0 radical (unpaired) electrons. The molecule has 4 N–H and O–H groups in total. The van der Waals surface area contributed by atoms with E-state index in [9.17, 15) is 4.79 Å². The molecule has 0 amide bonds. The number of likely N-dealkylation sites (tertiary alicyclic amines) is 1. The van der Waals surface area contributed by atoms with Crippen molar-refractivity contribution < 1.29 is 9.90 Å². The molecule has 0 aromatic carbocycles. The Morgan fingerprint density at radius 3 is 2.67 bits per heavy atom. The predicted molar refractivity (Wildman–Crippen MR) is 43.9 cm³/mol. The largest absolute Gasteiger partial charge is 0.480 e. The predicted octanol–water partition coefficient (Wildman–Crippen LogP) is -0.181. The zero-order chi connectivity index (χ0) is 9.14. The van der Waals surface area contributed by atoms with Crippen LogP contribution in [-0.4, -0.2) is 34.5 Å². The van der Waals surface area contributed by atoms with Gasteiger partial charge in [0.15, 0.2) is 5.96 Å². The molecule has 1 fully saturated rings. The molecule has 0 aliphatic carbocycles. The monoisotopic (exact) mass is 171 g/mol. The van der Waals surface area contributed by atoms with Crippen LogP contribution in [0.1, 0.15) is 19.3 Å². The Balaban J connectivity index is 2.67. The molecule has 0 spiro atoms. The quantitative estimate of drug-likeness (QED) is 0.377. The van der Waals surface area contributed by atoms with Crippen molar-refractivity contribution >= 4 is 11.9 Å². The van der Waals surface area contributed by atoms with E-state index in [0.29, 0.717) is 13.0 Å². The lowest BCUT2D eigenvalue weighted by Crippen LogP contribution is -2.50. The highest BCUT2D eigenvalue weighted by Gasteiger charge is 2.28. The second-order valence-electron chi connectivity index (χ2n) is 2.93. The summed E-state index contributed by atoms with van der Waals surface area (Å²) in [6.07, 6.45) is 2.42. The number of carboxylic acids is 1. The van der Waals surface area contributed by atoms with E-state index in [1.165, 1.54) is 4.90 Å². The summed E-state index contributed by atoms with van der Waals surface area (Å²) < 4.78 is 0. The number of piperidine rings is 1. The molecule has 5 nitrogen and oxygen atoms in total. The van der Waals surface area contributed by atoms with Crippen molar-refractivity contribution in [1.29, 1.82) is 5.41 Å². The number of nitrogens with two attached hydrogens (primary N) is 1. The topological polar surface area (TPSA) is 90.4 Å². The van der Waals surface area contributed by atoms with Gasteiger partial charge in [-0.15, -0.1) is 0 Å². The molecule has 1 aliphatic heterocycles. The van der Waals surface area contributed by atoms with E-state index in [1.807, 2.05) is 0 Å². The number of nitrogens with zero attached hydrogens (tertiary/aromatic N) is 1. The minimum Gasteiger partial charge on any atom is -0.480 e. The van der Waals surface area contributed by atoms with Crippen LogP contribution in [0.15, 0.2) is 0 Å². The number of hydrogen-bond donors (Lipinski definition) is 3. The summed E-state index contributed by atoms with van der Waals surface area (Å²) in [7, 11) is 0. The van der Waals surface area contributed by atoms with E-state index in [0.717, 1.165) is 12.8 Å².